The van der Waals surface area contributed by atoms with Crippen LogP contribution in [0.4, 0.5) is 0 Å². The quantitative estimate of drug-likeness (QED) is 0.782. The Labute approximate surface area is 103 Å². The highest BCUT2D eigenvalue weighted by Gasteiger charge is 2.14. The molecule has 0 atom stereocenters. The van der Waals surface area contributed by atoms with Crippen LogP contribution in [0.25, 0.3) is 11.1 Å². The summed E-state index contributed by atoms with van der Waals surface area (Å²) in [5, 5.41) is 11.4. The highest BCUT2D eigenvalue weighted by atomic mass is 35.5. The van der Waals surface area contributed by atoms with Crippen LogP contribution in [0, 0.1) is 13.8 Å². The van der Waals surface area contributed by atoms with E-state index in [1.54, 1.807) is 0 Å². The lowest BCUT2D eigenvalue weighted by Gasteiger charge is -2.09. The molecule has 0 N–H and O–H groups in total. The molecule has 82 valence electrons. The summed E-state index contributed by atoms with van der Waals surface area (Å²) < 4.78 is 0. The Morgan fingerprint density at radius 3 is 2.25 bits per heavy atom. The fourth-order valence-electron chi connectivity index (χ4n) is 1.53. The molecule has 0 amide bonds. The first kappa shape index (κ1) is 11.3. The summed E-state index contributed by atoms with van der Waals surface area (Å²) in [6, 6.07) is 5.92. The van der Waals surface area contributed by atoms with Gasteiger partial charge in [0.1, 0.15) is 0 Å². The zero-order valence-corrected chi connectivity index (χ0v) is 10.3. The number of benzene rings is 1. The lowest BCUT2D eigenvalue weighted by molar-refractivity contribution is 0.868. The fourth-order valence-corrected chi connectivity index (χ4v) is 2.03. The summed E-state index contributed by atoms with van der Waals surface area (Å²) in [7, 11) is 0. The first-order valence-electron chi connectivity index (χ1n) is 4.72. The molecule has 2 rings (SSSR count). The van der Waals surface area contributed by atoms with Gasteiger partial charge in [0.15, 0.2) is 10.3 Å². The molecule has 1 aromatic carbocycles. The van der Waals surface area contributed by atoms with Gasteiger partial charge in [-0.05, 0) is 35.8 Å². The van der Waals surface area contributed by atoms with Crippen LogP contribution in [0.15, 0.2) is 18.2 Å². The molecular weight excluding hydrogens is 245 g/mol. The second-order valence-corrected chi connectivity index (χ2v) is 4.21. The van der Waals surface area contributed by atoms with Crippen LogP contribution in [0.2, 0.25) is 10.3 Å². The first-order valence-corrected chi connectivity index (χ1v) is 5.48. The molecule has 0 aliphatic rings. The molecule has 1 aromatic heterocycles. The highest BCUT2D eigenvalue weighted by molar-refractivity contribution is 6.37. The number of hydrogen-bond acceptors (Lipinski definition) is 3. The Balaban J connectivity index is 2.73. The maximum atomic E-state index is 5.99. The van der Waals surface area contributed by atoms with E-state index in [0.717, 1.165) is 11.1 Å². The van der Waals surface area contributed by atoms with E-state index < -0.39 is 0 Å². The molecule has 3 nitrogen and oxygen atoms in total. The Morgan fingerprint density at radius 2 is 1.62 bits per heavy atom. The monoisotopic (exact) mass is 253 g/mol. The molecule has 1 heterocycles. The van der Waals surface area contributed by atoms with Crippen LogP contribution in [-0.4, -0.2) is 15.4 Å². The minimum atomic E-state index is 0.272. The fraction of sp³-hybridized carbons (Fsp3) is 0.182. The molecule has 16 heavy (non-hydrogen) atoms. The second-order valence-electron chi connectivity index (χ2n) is 3.49. The molecular formula is C11H9Cl2N3. The van der Waals surface area contributed by atoms with E-state index in [9.17, 15) is 0 Å². The van der Waals surface area contributed by atoms with E-state index in [2.05, 4.69) is 15.4 Å². The average Bonchev–Trinajstić information content (AvgIpc) is 2.24. The van der Waals surface area contributed by atoms with Gasteiger partial charge < -0.3 is 0 Å². The van der Waals surface area contributed by atoms with Gasteiger partial charge >= 0.3 is 0 Å². The number of hydrogen-bond donors (Lipinski definition) is 0. The summed E-state index contributed by atoms with van der Waals surface area (Å²) in [5.74, 6) is 0. The summed E-state index contributed by atoms with van der Waals surface area (Å²) >= 11 is 12.0. The van der Waals surface area contributed by atoms with Crippen LogP contribution in [0.5, 0.6) is 0 Å². The standard InChI is InChI=1S/C11H9Cl2N3/c1-6-4-3-5-8(7(6)2)9-10(12)14-16-15-11(9)13/h3-5H,1-2H3. The van der Waals surface area contributed by atoms with Gasteiger partial charge in [0.25, 0.3) is 0 Å². The van der Waals surface area contributed by atoms with Gasteiger partial charge in [0.05, 0.1) is 5.56 Å². The van der Waals surface area contributed by atoms with Gasteiger partial charge in [-0.15, -0.1) is 10.2 Å². The number of aromatic nitrogens is 3. The molecule has 0 radical (unpaired) electrons. The van der Waals surface area contributed by atoms with Crippen molar-refractivity contribution >= 4 is 23.2 Å². The van der Waals surface area contributed by atoms with Gasteiger partial charge in [-0.1, -0.05) is 41.4 Å². The smallest absolute Gasteiger partial charge is 0.117 e. The maximum Gasteiger partial charge on any atom is 0.164 e. The SMILES string of the molecule is Cc1cccc(-c2c(Cl)nnnc2Cl)c1C. The molecule has 0 unspecified atom stereocenters. The van der Waals surface area contributed by atoms with Crippen molar-refractivity contribution in [3.8, 4) is 11.1 Å². The van der Waals surface area contributed by atoms with Crippen molar-refractivity contribution in [3.63, 3.8) is 0 Å². The second kappa shape index (κ2) is 4.36. The molecule has 2 aromatic rings. The topological polar surface area (TPSA) is 38.7 Å². The van der Waals surface area contributed by atoms with E-state index in [1.165, 1.54) is 5.56 Å². The van der Waals surface area contributed by atoms with Crippen molar-refractivity contribution < 1.29 is 0 Å². The van der Waals surface area contributed by atoms with Crippen LogP contribution in [-0.2, 0) is 0 Å². The van der Waals surface area contributed by atoms with Crippen molar-refractivity contribution in [2.24, 2.45) is 0 Å². The van der Waals surface area contributed by atoms with Crippen LogP contribution < -0.4 is 0 Å². The highest BCUT2D eigenvalue weighted by Crippen LogP contribution is 2.33. The largest absolute Gasteiger partial charge is 0.164 e. The summed E-state index contributed by atoms with van der Waals surface area (Å²) in [4.78, 5) is 0. The van der Waals surface area contributed by atoms with Crippen LogP contribution in [0.1, 0.15) is 11.1 Å². The molecule has 0 bridgehead atoms. The lowest BCUT2D eigenvalue weighted by Crippen LogP contribution is -1.95. The molecule has 5 heteroatoms. The normalized spacial score (nSPS) is 10.5. The third-order valence-electron chi connectivity index (χ3n) is 2.55. The van der Waals surface area contributed by atoms with Crippen molar-refractivity contribution in [1.82, 2.24) is 15.4 Å². The summed E-state index contributed by atoms with van der Waals surface area (Å²) in [6.07, 6.45) is 0. The summed E-state index contributed by atoms with van der Waals surface area (Å²) in [5.41, 5.74) is 3.86. The number of rotatable bonds is 1. The zero-order chi connectivity index (χ0) is 11.7. The molecule has 0 saturated carbocycles. The van der Waals surface area contributed by atoms with E-state index in [1.807, 2.05) is 32.0 Å². The zero-order valence-electron chi connectivity index (χ0n) is 8.83. The lowest BCUT2D eigenvalue weighted by atomic mass is 9.99. The van der Waals surface area contributed by atoms with Crippen molar-refractivity contribution in [2.45, 2.75) is 13.8 Å². The Kier molecular flexibility index (Phi) is 3.08. The third kappa shape index (κ3) is 1.88. The van der Waals surface area contributed by atoms with Gasteiger partial charge in [-0.3, -0.25) is 0 Å². The minimum absolute atomic E-state index is 0.272. The summed E-state index contributed by atoms with van der Waals surface area (Å²) in [6.45, 7) is 4.04. The van der Waals surface area contributed by atoms with Crippen molar-refractivity contribution in [1.29, 1.82) is 0 Å². The minimum Gasteiger partial charge on any atom is -0.117 e. The first-order chi connectivity index (χ1) is 7.61. The Hall–Kier alpha value is -1.19. The van der Waals surface area contributed by atoms with Gasteiger partial charge in [-0.25, -0.2) is 0 Å². The van der Waals surface area contributed by atoms with E-state index in [0.29, 0.717) is 5.56 Å². The number of nitrogens with zero attached hydrogens (tertiary/aromatic N) is 3. The van der Waals surface area contributed by atoms with Gasteiger partial charge in [0.2, 0.25) is 0 Å². The van der Waals surface area contributed by atoms with Crippen molar-refractivity contribution in [2.75, 3.05) is 0 Å². The predicted molar refractivity (Wildman–Crippen MR) is 64.8 cm³/mol. The predicted octanol–water partition coefficient (Wildman–Crippen LogP) is 3.46. The maximum absolute atomic E-state index is 5.99. The third-order valence-corrected chi connectivity index (χ3v) is 3.08. The van der Waals surface area contributed by atoms with Crippen molar-refractivity contribution in [3.05, 3.63) is 39.6 Å². The number of aryl methyl sites for hydroxylation is 1. The van der Waals surface area contributed by atoms with E-state index in [4.69, 9.17) is 23.2 Å². The van der Waals surface area contributed by atoms with E-state index in [-0.39, 0.29) is 10.3 Å². The average molecular weight is 254 g/mol. The van der Waals surface area contributed by atoms with Gasteiger partial charge in [0, 0.05) is 0 Å². The van der Waals surface area contributed by atoms with Crippen LogP contribution in [0.3, 0.4) is 0 Å². The molecule has 0 aliphatic carbocycles. The van der Waals surface area contributed by atoms with E-state index >= 15 is 0 Å². The Morgan fingerprint density at radius 1 is 1.00 bits per heavy atom. The van der Waals surface area contributed by atoms with Gasteiger partial charge in [-0.2, -0.15) is 0 Å². The Bertz CT molecular complexity index is 520. The molecule has 0 saturated heterocycles. The molecule has 0 spiro atoms. The number of halogens is 2. The molecule has 0 fully saturated rings. The van der Waals surface area contributed by atoms with Crippen LogP contribution >= 0.6 is 23.2 Å². The molecule has 0 aliphatic heterocycles.